The number of hydrogen-bond acceptors (Lipinski definition) is 3. The minimum absolute atomic E-state index is 0.0207. The number of carbonyl (C=O) groups is 2. The molecule has 0 saturated heterocycles. The van der Waals surface area contributed by atoms with E-state index >= 15 is 0 Å². The van der Waals surface area contributed by atoms with Gasteiger partial charge in [-0.1, -0.05) is 13.3 Å². The number of amides is 1. The van der Waals surface area contributed by atoms with Crippen molar-refractivity contribution in [2.45, 2.75) is 46.1 Å². The zero-order chi connectivity index (χ0) is 16.0. The summed E-state index contributed by atoms with van der Waals surface area (Å²) >= 11 is 0. The van der Waals surface area contributed by atoms with E-state index in [1.165, 1.54) is 6.07 Å². The van der Waals surface area contributed by atoms with Crippen molar-refractivity contribution >= 4 is 11.9 Å². The topological polar surface area (TPSA) is 86.6 Å². The first-order chi connectivity index (χ1) is 9.81. The average Bonchev–Trinajstić information content (AvgIpc) is 2.41. The Labute approximate surface area is 125 Å². The number of hydrogen-bond donors (Lipinski definition) is 3. The second-order valence-electron chi connectivity index (χ2n) is 5.55. The maximum atomic E-state index is 12.0. The van der Waals surface area contributed by atoms with E-state index in [0.29, 0.717) is 17.5 Å². The van der Waals surface area contributed by atoms with Crippen molar-refractivity contribution in [2.75, 3.05) is 0 Å². The van der Waals surface area contributed by atoms with Gasteiger partial charge in [-0.05, 0) is 50.5 Å². The highest BCUT2D eigenvalue weighted by molar-refractivity contribution is 5.94. The molecule has 0 aliphatic rings. The number of aryl methyl sites for hydroxylation is 1. The van der Waals surface area contributed by atoms with E-state index < -0.39 is 5.97 Å². The molecule has 0 saturated carbocycles. The van der Waals surface area contributed by atoms with Crippen LogP contribution in [0.3, 0.4) is 0 Å². The van der Waals surface area contributed by atoms with Gasteiger partial charge in [-0.15, -0.1) is 0 Å². The van der Waals surface area contributed by atoms with Crippen molar-refractivity contribution in [3.8, 4) is 5.75 Å². The third kappa shape index (κ3) is 5.45. The molecule has 1 aromatic carbocycles. The molecular weight excluding hydrogens is 270 g/mol. The molecule has 0 heterocycles. The first-order valence-electron chi connectivity index (χ1n) is 7.14. The monoisotopic (exact) mass is 293 g/mol. The quantitative estimate of drug-likeness (QED) is 0.721. The van der Waals surface area contributed by atoms with Crippen molar-refractivity contribution in [3.63, 3.8) is 0 Å². The number of phenols is 1. The highest BCUT2D eigenvalue weighted by atomic mass is 16.4. The van der Waals surface area contributed by atoms with Crippen LogP contribution in [-0.4, -0.2) is 28.1 Å². The van der Waals surface area contributed by atoms with Crippen molar-refractivity contribution in [2.24, 2.45) is 5.92 Å². The number of carbonyl (C=O) groups excluding carboxylic acids is 1. The van der Waals surface area contributed by atoms with Gasteiger partial charge < -0.3 is 15.5 Å². The number of aromatic hydroxyl groups is 1. The SMILES string of the molecule is Cc1cc(C(=O)NC(C)CCCC(C)C(=O)O)ccc1O. The molecule has 5 nitrogen and oxygen atoms in total. The zero-order valence-corrected chi connectivity index (χ0v) is 12.7. The van der Waals surface area contributed by atoms with Crippen LogP contribution in [0.25, 0.3) is 0 Å². The molecule has 0 aromatic heterocycles. The fourth-order valence-corrected chi connectivity index (χ4v) is 2.03. The molecule has 2 unspecified atom stereocenters. The summed E-state index contributed by atoms with van der Waals surface area (Å²) in [6, 6.07) is 4.71. The van der Waals surface area contributed by atoms with Gasteiger partial charge in [0.1, 0.15) is 5.75 Å². The Morgan fingerprint density at radius 2 is 1.90 bits per heavy atom. The van der Waals surface area contributed by atoms with Gasteiger partial charge in [-0.3, -0.25) is 9.59 Å². The van der Waals surface area contributed by atoms with E-state index in [1.54, 1.807) is 26.0 Å². The van der Waals surface area contributed by atoms with Crippen LogP contribution in [0.1, 0.15) is 49.0 Å². The van der Waals surface area contributed by atoms with E-state index in [0.717, 1.165) is 12.8 Å². The second kappa shape index (κ2) is 7.67. The van der Waals surface area contributed by atoms with Gasteiger partial charge in [-0.25, -0.2) is 0 Å². The summed E-state index contributed by atoms with van der Waals surface area (Å²) in [4.78, 5) is 22.7. The highest BCUT2D eigenvalue weighted by Crippen LogP contribution is 2.17. The molecule has 21 heavy (non-hydrogen) atoms. The molecule has 1 amide bonds. The number of carboxylic acids is 1. The summed E-state index contributed by atoms with van der Waals surface area (Å²) in [6.07, 6.45) is 2.10. The predicted octanol–water partition coefficient (Wildman–Crippen LogP) is 2.71. The molecular formula is C16H23NO4. The molecule has 2 atom stereocenters. The van der Waals surface area contributed by atoms with Crippen LogP contribution in [0.4, 0.5) is 0 Å². The van der Waals surface area contributed by atoms with Crippen molar-refractivity contribution in [1.29, 1.82) is 0 Å². The summed E-state index contributed by atoms with van der Waals surface area (Å²) in [5.74, 6) is -1.15. The Bertz CT molecular complexity index is 513. The number of carboxylic acid groups (broad SMARTS) is 1. The first kappa shape index (κ1) is 17.0. The maximum Gasteiger partial charge on any atom is 0.306 e. The number of benzene rings is 1. The fourth-order valence-electron chi connectivity index (χ4n) is 2.03. The molecule has 0 fully saturated rings. The third-order valence-corrected chi connectivity index (χ3v) is 3.53. The molecule has 116 valence electrons. The summed E-state index contributed by atoms with van der Waals surface area (Å²) in [6.45, 7) is 5.32. The molecule has 0 bridgehead atoms. The Hall–Kier alpha value is -2.04. The second-order valence-corrected chi connectivity index (χ2v) is 5.55. The van der Waals surface area contributed by atoms with E-state index in [-0.39, 0.29) is 23.6 Å². The molecule has 0 aliphatic heterocycles. The van der Waals surface area contributed by atoms with Crippen molar-refractivity contribution < 1.29 is 19.8 Å². The lowest BCUT2D eigenvalue weighted by atomic mass is 10.0. The zero-order valence-electron chi connectivity index (χ0n) is 12.7. The van der Waals surface area contributed by atoms with E-state index in [4.69, 9.17) is 5.11 Å². The van der Waals surface area contributed by atoms with Crippen LogP contribution in [0.2, 0.25) is 0 Å². The lowest BCUT2D eigenvalue weighted by Gasteiger charge is -2.15. The summed E-state index contributed by atoms with van der Waals surface area (Å²) in [5, 5.41) is 21.1. The Morgan fingerprint density at radius 3 is 2.48 bits per heavy atom. The Kier molecular flexibility index (Phi) is 6.21. The Morgan fingerprint density at radius 1 is 1.24 bits per heavy atom. The van der Waals surface area contributed by atoms with Gasteiger partial charge in [0, 0.05) is 11.6 Å². The Balaban J connectivity index is 2.43. The van der Waals surface area contributed by atoms with Crippen LogP contribution in [-0.2, 0) is 4.79 Å². The lowest BCUT2D eigenvalue weighted by Crippen LogP contribution is -2.32. The van der Waals surface area contributed by atoms with Gasteiger partial charge in [0.15, 0.2) is 0 Å². The minimum Gasteiger partial charge on any atom is -0.508 e. The van der Waals surface area contributed by atoms with Gasteiger partial charge >= 0.3 is 5.97 Å². The number of aliphatic carboxylic acids is 1. The predicted molar refractivity (Wildman–Crippen MR) is 80.4 cm³/mol. The van der Waals surface area contributed by atoms with Crippen LogP contribution in [0.15, 0.2) is 18.2 Å². The van der Waals surface area contributed by atoms with Gasteiger partial charge in [0.2, 0.25) is 0 Å². The summed E-state index contributed by atoms with van der Waals surface area (Å²) < 4.78 is 0. The molecule has 0 radical (unpaired) electrons. The molecule has 0 spiro atoms. The summed E-state index contributed by atoms with van der Waals surface area (Å²) in [5.41, 5.74) is 1.17. The largest absolute Gasteiger partial charge is 0.508 e. The number of nitrogens with one attached hydrogen (secondary N) is 1. The van der Waals surface area contributed by atoms with Gasteiger partial charge in [0.05, 0.1) is 5.92 Å². The van der Waals surface area contributed by atoms with E-state index in [1.807, 2.05) is 6.92 Å². The van der Waals surface area contributed by atoms with E-state index in [2.05, 4.69) is 5.32 Å². The smallest absolute Gasteiger partial charge is 0.306 e. The van der Waals surface area contributed by atoms with Crippen LogP contribution >= 0.6 is 0 Å². The highest BCUT2D eigenvalue weighted by Gasteiger charge is 2.13. The normalized spacial score (nSPS) is 13.5. The van der Waals surface area contributed by atoms with Crippen molar-refractivity contribution in [1.82, 2.24) is 5.32 Å². The molecule has 0 aliphatic carbocycles. The van der Waals surface area contributed by atoms with Gasteiger partial charge in [0.25, 0.3) is 5.91 Å². The molecule has 3 N–H and O–H groups in total. The number of phenolic OH excluding ortho intramolecular Hbond substituents is 1. The van der Waals surface area contributed by atoms with Gasteiger partial charge in [-0.2, -0.15) is 0 Å². The fraction of sp³-hybridized carbons (Fsp3) is 0.500. The number of rotatable bonds is 7. The standard InChI is InChI=1S/C16H23NO4/c1-10(16(20)21)5-4-6-12(3)17-15(19)13-7-8-14(18)11(2)9-13/h7-10,12,18H,4-6H2,1-3H3,(H,17,19)(H,20,21). The molecule has 5 heteroatoms. The minimum atomic E-state index is -0.786. The average molecular weight is 293 g/mol. The lowest BCUT2D eigenvalue weighted by molar-refractivity contribution is -0.141. The van der Waals surface area contributed by atoms with E-state index in [9.17, 15) is 14.7 Å². The molecule has 1 aromatic rings. The van der Waals surface area contributed by atoms with Crippen LogP contribution in [0.5, 0.6) is 5.75 Å². The molecule has 1 rings (SSSR count). The summed E-state index contributed by atoms with van der Waals surface area (Å²) in [7, 11) is 0. The van der Waals surface area contributed by atoms with Crippen LogP contribution < -0.4 is 5.32 Å². The first-order valence-corrected chi connectivity index (χ1v) is 7.14. The third-order valence-electron chi connectivity index (χ3n) is 3.53. The van der Waals surface area contributed by atoms with Crippen LogP contribution in [0, 0.1) is 12.8 Å². The maximum absolute atomic E-state index is 12.0. The van der Waals surface area contributed by atoms with Crippen molar-refractivity contribution in [3.05, 3.63) is 29.3 Å².